The van der Waals surface area contributed by atoms with Crippen LogP contribution in [0.15, 0.2) is 66.7 Å². The Morgan fingerprint density at radius 1 is 0.933 bits per heavy atom. The van der Waals surface area contributed by atoms with Crippen molar-refractivity contribution in [3.63, 3.8) is 0 Å². The minimum atomic E-state index is -0.122. The fourth-order valence-electron chi connectivity index (χ4n) is 3.68. The average molecular weight is 417 g/mol. The lowest BCUT2D eigenvalue weighted by atomic mass is 10.1. The molecule has 1 unspecified atom stereocenters. The smallest absolute Gasteiger partial charge is 0.255 e. The van der Waals surface area contributed by atoms with Gasteiger partial charge in [0.1, 0.15) is 5.37 Å². The van der Waals surface area contributed by atoms with Crippen molar-refractivity contribution in [3.8, 4) is 0 Å². The van der Waals surface area contributed by atoms with Crippen LogP contribution in [-0.4, -0.2) is 17.6 Å². The number of benzene rings is 3. The average Bonchev–Trinajstić information content (AvgIpc) is 3.12. The highest BCUT2D eigenvalue weighted by atomic mass is 32.2. The second-order valence-corrected chi connectivity index (χ2v) is 8.61. The number of carbonyl (C=O) groups is 2. The van der Waals surface area contributed by atoms with Crippen LogP contribution in [0.25, 0.3) is 0 Å². The van der Waals surface area contributed by atoms with E-state index in [1.807, 2.05) is 72.5 Å². The van der Waals surface area contributed by atoms with Gasteiger partial charge in [0.15, 0.2) is 0 Å². The molecule has 0 aliphatic carbocycles. The quantitative estimate of drug-likeness (QED) is 0.598. The van der Waals surface area contributed by atoms with Crippen LogP contribution < -0.4 is 10.2 Å². The first-order valence-corrected chi connectivity index (χ1v) is 11.0. The first-order chi connectivity index (χ1) is 14.5. The third-order valence-electron chi connectivity index (χ3n) is 5.55. The third kappa shape index (κ3) is 3.85. The number of thioether (sulfide) groups is 1. The van der Waals surface area contributed by atoms with Crippen LogP contribution in [0.1, 0.15) is 38.0 Å². The first kappa shape index (κ1) is 20.2. The van der Waals surface area contributed by atoms with Gasteiger partial charge in [-0.15, -0.1) is 11.8 Å². The van der Waals surface area contributed by atoms with Gasteiger partial charge < -0.3 is 5.32 Å². The number of nitrogens with one attached hydrogen (secondary N) is 1. The molecule has 0 spiro atoms. The van der Waals surface area contributed by atoms with Gasteiger partial charge in [0.2, 0.25) is 5.91 Å². The summed E-state index contributed by atoms with van der Waals surface area (Å²) < 4.78 is 0. The summed E-state index contributed by atoms with van der Waals surface area (Å²) in [6.45, 7) is 6.05. The van der Waals surface area contributed by atoms with E-state index in [4.69, 9.17) is 0 Å². The topological polar surface area (TPSA) is 49.4 Å². The molecule has 0 radical (unpaired) electrons. The van der Waals surface area contributed by atoms with Crippen molar-refractivity contribution < 1.29 is 9.59 Å². The lowest BCUT2D eigenvalue weighted by Gasteiger charge is -2.26. The van der Waals surface area contributed by atoms with E-state index in [9.17, 15) is 9.59 Å². The molecule has 4 rings (SSSR count). The van der Waals surface area contributed by atoms with Crippen molar-refractivity contribution in [3.05, 3.63) is 94.5 Å². The highest BCUT2D eigenvalue weighted by Crippen LogP contribution is 2.43. The number of hydrogen-bond acceptors (Lipinski definition) is 3. The fourth-order valence-corrected chi connectivity index (χ4v) is 4.85. The lowest BCUT2D eigenvalue weighted by molar-refractivity contribution is -0.115. The molecular formula is C25H24N2O2S. The van der Waals surface area contributed by atoms with Crippen LogP contribution in [0.3, 0.4) is 0 Å². The van der Waals surface area contributed by atoms with Crippen LogP contribution in [0, 0.1) is 20.8 Å². The molecule has 1 N–H and O–H groups in total. The molecule has 1 fully saturated rings. The second kappa shape index (κ2) is 8.36. The van der Waals surface area contributed by atoms with Crippen LogP contribution in [0.4, 0.5) is 11.4 Å². The van der Waals surface area contributed by atoms with E-state index in [2.05, 4.69) is 25.2 Å². The standard InChI is InChI=1S/C25H24N2O2S/c1-16-8-6-10-22(18(16)3)27-23(28)15-30-25(27)19-11-13-20(14-12-19)26-24(29)21-9-5-4-7-17(21)2/h4-14,25H,15H2,1-3H3,(H,26,29). The van der Waals surface area contributed by atoms with Gasteiger partial charge in [-0.1, -0.05) is 42.5 Å². The zero-order valence-corrected chi connectivity index (χ0v) is 18.1. The van der Waals surface area contributed by atoms with E-state index < -0.39 is 0 Å². The Hall–Kier alpha value is -3.05. The Kier molecular flexibility index (Phi) is 5.64. The maximum absolute atomic E-state index is 12.7. The largest absolute Gasteiger partial charge is 0.322 e. The second-order valence-electron chi connectivity index (χ2n) is 7.54. The van der Waals surface area contributed by atoms with Gasteiger partial charge in [0, 0.05) is 16.9 Å². The SMILES string of the molecule is Cc1ccccc1C(=O)Nc1ccc(C2SCC(=O)N2c2cccc(C)c2C)cc1. The van der Waals surface area contributed by atoms with Gasteiger partial charge in [-0.05, 0) is 67.3 Å². The van der Waals surface area contributed by atoms with Gasteiger partial charge >= 0.3 is 0 Å². The minimum Gasteiger partial charge on any atom is -0.322 e. The Balaban J connectivity index is 1.56. The summed E-state index contributed by atoms with van der Waals surface area (Å²) >= 11 is 1.63. The number of anilines is 2. The Morgan fingerprint density at radius 2 is 1.63 bits per heavy atom. The molecular weight excluding hydrogens is 392 g/mol. The van der Waals surface area contributed by atoms with E-state index in [0.717, 1.165) is 28.1 Å². The number of rotatable bonds is 4. The molecule has 1 atom stereocenters. The molecule has 152 valence electrons. The summed E-state index contributed by atoms with van der Waals surface area (Å²) in [5.74, 6) is 0.461. The predicted molar refractivity (Wildman–Crippen MR) is 124 cm³/mol. The van der Waals surface area contributed by atoms with E-state index in [1.54, 1.807) is 11.8 Å². The van der Waals surface area contributed by atoms with E-state index in [0.29, 0.717) is 11.3 Å². The summed E-state index contributed by atoms with van der Waals surface area (Å²) in [5, 5.41) is 2.89. The summed E-state index contributed by atoms with van der Waals surface area (Å²) in [6, 6.07) is 21.4. The van der Waals surface area contributed by atoms with Crippen molar-refractivity contribution >= 4 is 35.0 Å². The number of aryl methyl sites for hydroxylation is 2. The van der Waals surface area contributed by atoms with Gasteiger partial charge in [-0.3, -0.25) is 14.5 Å². The third-order valence-corrected chi connectivity index (χ3v) is 6.76. The van der Waals surface area contributed by atoms with Crippen molar-refractivity contribution in [2.45, 2.75) is 26.1 Å². The summed E-state index contributed by atoms with van der Waals surface area (Å²) in [6.07, 6.45) is 0. The van der Waals surface area contributed by atoms with Crippen LogP contribution >= 0.6 is 11.8 Å². The van der Waals surface area contributed by atoms with Crippen molar-refractivity contribution in [2.75, 3.05) is 16.0 Å². The van der Waals surface area contributed by atoms with Gasteiger partial charge in [0.25, 0.3) is 5.91 Å². The van der Waals surface area contributed by atoms with Crippen LogP contribution in [-0.2, 0) is 4.79 Å². The van der Waals surface area contributed by atoms with Crippen molar-refractivity contribution in [1.29, 1.82) is 0 Å². The Labute approximate surface area is 181 Å². The minimum absolute atomic E-state index is 0.0703. The van der Waals surface area contributed by atoms with Crippen LogP contribution in [0.2, 0.25) is 0 Å². The molecule has 4 nitrogen and oxygen atoms in total. The normalized spacial score (nSPS) is 16.0. The zero-order valence-electron chi connectivity index (χ0n) is 17.3. The Morgan fingerprint density at radius 3 is 2.37 bits per heavy atom. The monoisotopic (exact) mass is 416 g/mol. The van der Waals surface area contributed by atoms with Gasteiger partial charge in [-0.25, -0.2) is 0 Å². The highest BCUT2D eigenvalue weighted by molar-refractivity contribution is 8.00. The molecule has 5 heteroatoms. The maximum Gasteiger partial charge on any atom is 0.255 e. The molecule has 3 aromatic carbocycles. The molecule has 30 heavy (non-hydrogen) atoms. The first-order valence-electron chi connectivity index (χ1n) is 9.92. The van der Waals surface area contributed by atoms with Crippen molar-refractivity contribution in [1.82, 2.24) is 0 Å². The van der Waals surface area contributed by atoms with E-state index >= 15 is 0 Å². The lowest BCUT2D eigenvalue weighted by Crippen LogP contribution is -2.28. The molecule has 1 saturated heterocycles. The molecule has 1 heterocycles. The fraction of sp³-hybridized carbons (Fsp3) is 0.200. The molecule has 0 aromatic heterocycles. The number of amides is 2. The highest BCUT2D eigenvalue weighted by Gasteiger charge is 2.34. The van der Waals surface area contributed by atoms with Gasteiger partial charge in [-0.2, -0.15) is 0 Å². The summed E-state index contributed by atoms with van der Waals surface area (Å²) in [7, 11) is 0. The van der Waals surface area contributed by atoms with Gasteiger partial charge in [0.05, 0.1) is 5.75 Å². The number of nitrogens with zero attached hydrogens (tertiary/aromatic N) is 1. The Bertz CT molecular complexity index is 1110. The maximum atomic E-state index is 12.7. The molecule has 0 saturated carbocycles. The molecule has 2 amide bonds. The predicted octanol–water partition coefficient (Wildman–Crippen LogP) is 5.64. The van der Waals surface area contributed by atoms with E-state index in [-0.39, 0.29) is 17.2 Å². The van der Waals surface area contributed by atoms with E-state index in [1.165, 1.54) is 5.56 Å². The summed E-state index contributed by atoms with van der Waals surface area (Å²) in [4.78, 5) is 27.1. The summed E-state index contributed by atoms with van der Waals surface area (Å²) in [5.41, 5.74) is 6.65. The molecule has 3 aromatic rings. The molecule has 1 aliphatic rings. The van der Waals surface area contributed by atoms with Crippen LogP contribution in [0.5, 0.6) is 0 Å². The molecule has 1 aliphatic heterocycles. The number of carbonyl (C=O) groups excluding carboxylic acids is 2. The van der Waals surface area contributed by atoms with Crippen molar-refractivity contribution in [2.24, 2.45) is 0 Å². The zero-order chi connectivity index (χ0) is 21.3. The molecule has 0 bridgehead atoms. The number of hydrogen-bond donors (Lipinski definition) is 1.